The number of hydrogen-bond donors (Lipinski definition) is 1. The quantitative estimate of drug-likeness (QED) is 0.127. The Balaban J connectivity index is 1.13. The molecule has 288 valence electrons. The Morgan fingerprint density at radius 2 is 1.60 bits per heavy atom. The van der Waals surface area contributed by atoms with Gasteiger partial charge in [0, 0.05) is 53.4 Å². The molecule has 4 aliphatic rings. The van der Waals surface area contributed by atoms with Gasteiger partial charge in [-0.25, -0.2) is 14.3 Å². The van der Waals surface area contributed by atoms with Crippen LogP contribution in [-0.4, -0.2) is 110 Å². The highest BCUT2D eigenvalue weighted by Gasteiger charge is 2.60. The smallest absolute Gasteiger partial charge is 0.410 e. The third-order valence-electron chi connectivity index (χ3n) is 10.2. The van der Waals surface area contributed by atoms with E-state index in [-0.39, 0.29) is 55.7 Å². The molecule has 0 saturated carbocycles. The fraction of sp³-hybridized carbons (Fsp3) is 0.441. The van der Waals surface area contributed by atoms with Gasteiger partial charge in [0.15, 0.2) is 5.82 Å². The fourth-order valence-electron chi connectivity index (χ4n) is 7.41. The number of carbonyl (C=O) groups excluding carboxylic acids is 4. The van der Waals surface area contributed by atoms with Crippen LogP contribution in [0.2, 0.25) is 0 Å². The molecular formula is C34H35N9O11S. The van der Waals surface area contributed by atoms with Crippen molar-refractivity contribution >= 4 is 47.0 Å². The second-order valence-electron chi connectivity index (χ2n) is 13.7. The minimum absolute atomic E-state index is 0.0104. The largest absolute Gasteiger partial charge is 0.456 e. The highest BCUT2D eigenvalue weighted by molar-refractivity contribution is 8.03. The molecule has 0 unspecified atom stereocenters. The monoisotopic (exact) mass is 777 g/mol. The Hall–Kier alpha value is -5.96. The van der Waals surface area contributed by atoms with Crippen LogP contribution < -0.4 is 0 Å². The number of hydrogen-bond acceptors (Lipinski definition) is 15. The molecule has 3 aromatic rings. The van der Waals surface area contributed by atoms with E-state index in [9.17, 15) is 44.5 Å². The highest BCUT2D eigenvalue weighted by atomic mass is 32.2. The number of aromatic nitrogens is 4. The number of fused-ring (bicyclic) bond motifs is 2. The number of β-lactam (4-membered cyclic amide) rings is 1. The maximum atomic E-state index is 14.1. The van der Waals surface area contributed by atoms with Gasteiger partial charge >= 0.3 is 12.1 Å². The molecule has 20 nitrogen and oxygen atoms in total. The molecule has 7 rings (SSSR count). The van der Waals surface area contributed by atoms with Gasteiger partial charge in [-0.05, 0) is 59.2 Å². The summed E-state index contributed by atoms with van der Waals surface area (Å²) < 4.78 is 12.8. The van der Waals surface area contributed by atoms with Gasteiger partial charge in [0.2, 0.25) is 11.8 Å². The van der Waals surface area contributed by atoms with Gasteiger partial charge in [0.05, 0.1) is 41.0 Å². The number of nitrogens with zero attached hydrogens (tertiary/aromatic N) is 9. The molecule has 2 saturated heterocycles. The third-order valence-corrected chi connectivity index (χ3v) is 11.7. The fourth-order valence-corrected chi connectivity index (χ4v) is 8.93. The Bertz CT molecular complexity index is 2070. The van der Waals surface area contributed by atoms with E-state index in [2.05, 4.69) is 15.5 Å². The lowest BCUT2D eigenvalue weighted by atomic mass is 9.79. The summed E-state index contributed by atoms with van der Waals surface area (Å²) in [5, 5.41) is 43.7. The average Bonchev–Trinajstić information content (AvgIpc) is 3.88. The van der Waals surface area contributed by atoms with Crippen molar-refractivity contribution in [2.24, 2.45) is 11.8 Å². The predicted octanol–water partition coefficient (Wildman–Crippen LogP) is 2.16. The van der Waals surface area contributed by atoms with E-state index in [4.69, 9.17) is 9.47 Å². The van der Waals surface area contributed by atoms with Gasteiger partial charge < -0.3 is 24.4 Å². The van der Waals surface area contributed by atoms with E-state index in [0.29, 0.717) is 34.9 Å². The molecule has 21 heteroatoms. The number of rotatable bonds is 11. The van der Waals surface area contributed by atoms with Gasteiger partial charge in [0.25, 0.3) is 11.4 Å². The van der Waals surface area contributed by atoms with Crippen molar-refractivity contribution in [3.8, 4) is 0 Å². The van der Waals surface area contributed by atoms with Crippen molar-refractivity contribution in [2.45, 2.75) is 70.0 Å². The number of esters is 1. The van der Waals surface area contributed by atoms with Crippen LogP contribution in [0.4, 0.5) is 16.2 Å². The molecule has 0 radical (unpaired) electrons. The second-order valence-corrected chi connectivity index (χ2v) is 15.0. The first kappa shape index (κ1) is 37.4. The number of aliphatic hydroxyl groups excluding tert-OH is 1. The zero-order valence-corrected chi connectivity index (χ0v) is 30.3. The highest BCUT2D eigenvalue weighted by Crippen LogP contribution is 2.52. The zero-order valence-electron chi connectivity index (χ0n) is 29.5. The standard InChI is InChI=1S/C34H35N9O11S/c1-18-28-27(19(2)44)32(46)41(28)29(33(47)53-16-20-3-7-22(8-4-20)42(49)50)30(18)55-24-13-25(31(45)38-11-12-40-26(15-38)35-36-37-40)39(14-24)34(48)54-17-21-5-9-23(10-6-21)43(51)52/h3-10,18-19,24-25,27-28,44H,11-17H2,1-2H3/t18-,19-,24+,25+,27-,28-/m1/s1. The molecular weight excluding hydrogens is 742 g/mol. The number of tetrazole rings is 1. The van der Waals surface area contributed by atoms with Gasteiger partial charge in [-0.1, -0.05) is 6.92 Å². The summed E-state index contributed by atoms with van der Waals surface area (Å²) in [4.78, 5) is 80.7. The van der Waals surface area contributed by atoms with Gasteiger partial charge in [0.1, 0.15) is 25.0 Å². The number of thioether (sulfide) groups is 1. The van der Waals surface area contributed by atoms with Crippen LogP contribution in [0.25, 0.3) is 0 Å². The van der Waals surface area contributed by atoms with Crippen molar-refractivity contribution in [1.29, 1.82) is 0 Å². The van der Waals surface area contributed by atoms with Gasteiger partial charge in [-0.2, -0.15) is 0 Å². The van der Waals surface area contributed by atoms with Crippen LogP contribution in [-0.2, 0) is 50.2 Å². The van der Waals surface area contributed by atoms with Crippen LogP contribution in [0.15, 0.2) is 59.1 Å². The summed E-state index contributed by atoms with van der Waals surface area (Å²) in [5.41, 5.74) is 0.746. The Morgan fingerprint density at radius 1 is 0.982 bits per heavy atom. The van der Waals surface area contributed by atoms with Crippen LogP contribution >= 0.6 is 11.8 Å². The van der Waals surface area contributed by atoms with Crippen LogP contribution in [0.3, 0.4) is 0 Å². The van der Waals surface area contributed by atoms with Crippen molar-refractivity contribution in [3.63, 3.8) is 0 Å². The number of likely N-dealkylation sites (tertiary alicyclic amines) is 1. The van der Waals surface area contributed by atoms with Crippen LogP contribution in [0, 0.1) is 32.1 Å². The SMILES string of the molecule is C[C@@H](O)[C@H]1C(=O)N2C(C(=O)OCc3ccc([N+](=O)[O-])cc3)=C(S[C@H]3C[C@@H](C(=O)N4CCn5nnnc5C4)N(C(=O)OCc4ccc([N+](=O)[O-])cc4)C3)[C@H](C)[C@H]12. The molecule has 1 aromatic heterocycles. The van der Waals surface area contributed by atoms with Crippen molar-refractivity contribution < 1.29 is 43.6 Å². The molecule has 55 heavy (non-hydrogen) atoms. The first-order valence-corrected chi connectivity index (χ1v) is 18.2. The lowest BCUT2D eigenvalue weighted by Crippen LogP contribution is -2.63. The minimum atomic E-state index is -0.988. The van der Waals surface area contributed by atoms with Gasteiger partial charge in [-0.3, -0.25) is 34.7 Å². The van der Waals surface area contributed by atoms with E-state index in [1.807, 2.05) is 6.92 Å². The third kappa shape index (κ3) is 7.19. The summed E-state index contributed by atoms with van der Waals surface area (Å²) in [7, 11) is 0. The molecule has 0 bridgehead atoms. The number of non-ortho nitro benzene ring substituents is 2. The molecule has 2 aromatic carbocycles. The van der Waals surface area contributed by atoms with Crippen molar-refractivity contribution in [2.75, 3.05) is 13.1 Å². The van der Waals surface area contributed by atoms with E-state index in [0.717, 1.165) is 0 Å². The number of ether oxygens (including phenoxy) is 2. The zero-order chi connectivity index (χ0) is 39.1. The summed E-state index contributed by atoms with van der Waals surface area (Å²) in [6.45, 7) is 3.71. The molecule has 3 amide bonds. The van der Waals surface area contributed by atoms with Crippen LogP contribution in [0.5, 0.6) is 0 Å². The van der Waals surface area contributed by atoms with Crippen molar-refractivity contribution in [1.82, 2.24) is 34.9 Å². The maximum absolute atomic E-state index is 14.1. The lowest BCUT2D eigenvalue weighted by Gasteiger charge is -2.46. The molecule has 6 atom stereocenters. The molecule has 1 N–H and O–H groups in total. The number of nitro groups is 2. The van der Waals surface area contributed by atoms with E-state index < -0.39 is 63.1 Å². The van der Waals surface area contributed by atoms with E-state index in [1.165, 1.54) is 77.0 Å². The normalized spacial score (nSPS) is 23.5. The maximum Gasteiger partial charge on any atom is 0.410 e. The number of aliphatic hydroxyl groups is 1. The number of nitro benzene ring substituents is 2. The number of benzene rings is 2. The number of amides is 3. The predicted molar refractivity (Wildman–Crippen MR) is 188 cm³/mol. The topological polar surface area (TPSA) is 247 Å². The molecule has 2 fully saturated rings. The van der Waals surface area contributed by atoms with Crippen molar-refractivity contribution in [3.05, 3.63) is 96.3 Å². The second kappa shape index (κ2) is 15.1. The van der Waals surface area contributed by atoms with E-state index >= 15 is 0 Å². The van der Waals surface area contributed by atoms with E-state index in [1.54, 1.807) is 9.58 Å². The Kier molecular flexibility index (Phi) is 10.2. The first-order valence-electron chi connectivity index (χ1n) is 17.3. The summed E-state index contributed by atoms with van der Waals surface area (Å²) in [6, 6.07) is 9.52. The Labute approximate surface area is 316 Å². The lowest BCUT2D eigenvalue weighted by molar-refractivity contribution is -0.385. The number of carbonyl (C=O) groups is 4. The minimum Gasteiger partial charge on any atom is -0.456 e. The van der Waals surface area contributed by atoms with Gasteiger partial charge in [-0.15, -0.1) is 16.9 Å². The summed E-state index contributed by atoms with van der Waals surface area (Å²) >= 11 is 1.25. The summed E-state index contributed by atoms with van der Waals surface area (Å²) in [6.07, 6.45) is -1.61. The molecule has 4 aliphatic heterocycles. The first-order chi connectivity index (χ1) is 26.3. The summed E-state index contributed by atoms with van der Waals surface area (Å²) in [5.74, 6) is -2.28. The molecule has 0 aliphatic carbocycles. The molecule has 0 spiro atoms. The Morgan fingerprint density at radius 3 is 2.20 bits per heavy atom. The van der Waals surface area contributed by atoms with Crippen LogP contribution in [0.1, 0.15) is 37.2 Å². The average molecular weight is 778 g/mol. The molecule has 5 heterocycles.